The molecule has 0 saturated heterocycles. The topological polar surface area (TPSA) is 29.5 Å². The van der Waals surface area contributed by atoms with Crippen LogP contribution in [-0.2, 0) is 4.65 Å². The number of benzene rings is 4. The Labute approximate surface area is 193 Å². The molecule has 5 rings (SSSR count). The molecule has 1 N–H and O–H groups in total. The first-order chi connectivity index (χ1) is 15.2. The summed E-state index contributed by atoms with van der Waals surface area (Å²) >= 11 is 1.81. The standard InChI is InChI=1S/C28H27BO2S/c1-27(2,30)28(3,4)31-29-24-14-8-13-22-23-17-19(15-16-25(23)32-26(22)24)21-12-7-10-18-9-5-6-11-20(18)21/h5-17,29-30H,1-4H3. The van der Waals surface area contributed by atoms with Gasteiger partial charge in [0.05, 0.1) is 11.2 Å². The molecule has 0 aliphatic carbocycles. The normalized spacial score (nSPS) is 12.7. The third-order valence-electron chi connectivity index (χ3n) is 6.74. The van der Waals surface area contributed by atoms with Crippen LogP contribution in [0.25, 0.3) is 42.1 Å². The van der Waals surface area contributed by atoms with Crippen LogP contribution in [0, 0.1) is 0 Å². The second-order valence-electron chi connectivity index (χ2n) is 9.49. The van der Waals surface area contributed by atoms with Crippen molar-refractivity contribution in [3.05, 3.63) is 78.9 Å². The predicted octanol–water partition coefficient (Wildman–Crippen LogP) is 6.42. The molecule has 0 spiro atoms. The van der Waals surface area contributed by atoms with E-state index >= 15 is 0 Å². The van der Waals surface area contributed by atoms with Gasteiger partial charge in [-0.05, 0) is 72.6 Å². The van der Waals surface area contributed by atoms with E-state index in [0.29, 0.717) is 7.48 Å². The summed E-state index contributed by atoms with van der Waals surface area (Å²) in [6, 6.07) is 28.3. The van der Waals surface area contributed by atoms with Gasteiger partial charge in [-0.3, -0.25) is 0 Å². The third kappa shape index (κ3) is 3.63. The molecule has 0 amide bonds. The van der Waals surface area contributed by atoms with E-state index in [2.05, 4.69) is 78.9 Å². The quantitative estimate of drug-likeness (QED) is 0.321. The summed E-state index contributed by atoms with van der Waals surface area (Å²) < 4.78 is 8.71. The van der Waals surface area contributed by atoms with Gasteiger partial charge in [0.1, 0.15) is 0 Å². The van der Waals surface area contributed by atoms with Crippen LogP contribution >= 0.6 is 11.3 Å². The van der Waals surface area contributed by atoms with Crippen LogP contribution in [0.1, 0.15) is 27.7 Å². The second-order valence-corrected chi connectivity index (χ2v) is 10.5. The minimum absolute atomic E-state index is 0.470. The lowest BCUT2D eigenvalue weighted by Gasteiger charge is -2.37. The Balaban J connectivity index is 1.59. The van der Waals surface area contributed by atoms with E-state index in [1.165, 1.54) is 42.1 Å². The van der Waals surface area contributed by atoms with E-state index in [1.54, 1.807) is 13.8 Å². The van der Waals surface area contributed by atoms with Gasteiger partial charge >= 0.3 is 7.48 Å². The van der Waals surface area contributed by atoms with Gasteiger partial charge in [0.25, 0.3) is 0 Å². The van der Waals surface area contributed by atoms with Gasteiger partial charge < -0.3 is 9.76 Å². The molecule has 32 heavy (non-hydrogen) atoms. The summed E-state index contributed by atoms with van der Waals surface area (Å²) in [4.78, 5) is 0. The molecule has 4 aromatic carbocycles. The Hall–Kier alpha value is -2.66. The van der Waals surface area contributed by atoms with E-state index in [9.17, 15) is 5.11 Å². The molecule has 0 radical (unpaired) electrons. The van der Waals surface area contributed by atoms with Gasteiger partial charge in [-0.25, -0.2) is 0 Å². The van der Waals surface area contributed by atoms with Crippen molar-refractivity contribution in [3.8, 4) is 11.1 Å². The summed E-state index contributed by atoms with van der Waals surface area (Å²) in [6.45, 7) is 7.46. The second kappa shape index (κ2) is 7.74. The van der Waals surface area contributed by atoms with E-state index < -0.39 is 11.2 Å². The van der Waals surface area contributed by atoms with Crippen LogP contribution in [0.15, 0.2) is 78.9 Å². The summed E-state index contributed by atoms with van der Waals surface area (Å²) in [5, 5.41) is 15.5. The molecule has 0 unspecified atom stereocenters. The first-order valence-corrected chi connectivity index (χ1v) is 11.8. The van der Waals surface area contributed by atoms with Gasteiger partial charge in [0.2, 0.25) is 0 Å². The summed E-state index contributed by atoms with van der Waals surface area (Å²) in [5.41, 5.74) is 2.09. The van der Waals surface area contributed by atoms with Crippen molar-refractivity contribution in [1.29, 1.82) is 0 Å². The Kier molecular flexibility index (Phi) is 5.13. The molecular weight excluding hydrogens is 411 g/mol. The lowest BCUT2D eigenvalue weighted by atomic mass is 9.82. The smallest absolute Gasteiger partial charge is 0.310 e. The van der Waals surface area contributed by atoms with Crippen LogP contribution in [0.2, 0.25) is 0 Å². The van der Waals surface area contributed by atoms with Gasteiger partial charge in [-0.2, -0.15) is 0 Å². The Bertz CT molecular complexity index is 1440. The molecule has 2 nitrogen and oxygen atoms in total. The van der Waals surface area contributed by atoms with Crippen molar-refractivity contribution in [3.63, 3.8) is 0 Å². The number of aliphatic hydroxyl groups is 1. The minimum atomic E-state index is -0.922. The lowest BCUT2D eigenvalue weighted by Crippen LogP contribution is -2.49. The number of rotatable bonds is 5. The van der Waals surface area contributed by atoms with E-state index in [1.807, 2.05) is 25.2 Å². The Morgan fingerprint density at radius 1 is 0.781 bits per heavy atom. The number of thiophene rings is 1. The zero-order chi connectivity index (χ0) is 22.5. The van der Waals surface area contributed by atoms with Crippen LogP contribution in [0.3, 0.4) is 0 Å². The highest BCUT2D eigenvalue weighted by Gasteiger charge is 2.35. The van der Waals surface area contributed by atoms with Crippen LogP contribution < -0.4 is 5.46 Å². The molecular formula is C28H27BO2S. The zero-order valence-corrected chi connectivity index (χ0v) is 19.8. The average Bonchev–Trinajstić information content (AvgIpc) is 3.15. The van der Waals surface area contributed by atoms with Crippen LogP contribution in [0.4, 0.5) is 0 Å². The highest BCUT2D eigenvalue weighted by molar-refractivity contribution is 7.27. The highest BCUT2D eigenvalue weighted by Crippen LogP contribution is 2.37. The largest absolute Gasteiger partial charge is 0.427 e. The molecule has 5 aromatic rings. The highest BCUT2D eigenvalue weighted by atomic mass is 32.1. The Morgan fingerprint density at radius 2 is 1.50 bits per heavy atom. The average molecular weight is 438 g/mol. The first-order valence-electron chi connectivity index (χ1n) is 11.0. The molecule has 0 aliphatic heterocycles. The molecule has 0 fully saturated rings. The maximum Gasteiger partial charge on any atom is 0.310 e. The predicted molar refractivity (Wildman–Crippen MR) is 141 cm³/mol. The number of hydrogen-bond donors (Lipinski definition) is 1. The zero-order valence-electron chi connectivity index (χ0n) is 19.0. The number of fused-ring (bicyclic) bond motifs is 4. The van der Waals surface area contributed by atoms with Crippen LogP contribution in [-0.4, -0.2) is 23.8 Å². The fourth-order valence-electron chi connectivity index (χ4n) is 4.05. The molecule has 0 bridgehead atoms. The van der Waals surface area contributed by atoms with Crippen molar-refractivity contribution >= 4 is 55.2 Å². The molecule has 4 heteroatoms. The summed E-state index contributed by atoms with van der Waals surface area (Å²) in [6.07, 6.45) is 0. The fourth-order valence-corrected chi connectivity index (χ4v) is 5.23. The van der Waals surface area contributed by atoms with Crippen LogP contribution in [0.5, 0.6) is 0 Å². The van der Waals surface area contributed by atoms with Gasteiger partial charge in [-0.15, -0.1) is 11.3 Å². The number of hydrogen-bond acceptors (Lipinski definition) is 3. The molecule has 0 atom stereocenters. The van der Waals surface area contributed by atoms with Crippen molar-refractivity contribution < 1.29 is 9.76 Å². The molecule has 1 heterocycles. The maximum atomic E-state index is 10.4. The lowest BCUT2D eigenvalue weighted by molar-refractivity contribution is -0.0893. The Morgan fingerprint density at radius 3 is 2.31 bits per heavy atom. The van der Waals surface area contributed by atoms with Crippen molar-refractivity contribution in [2.24, 2.45) is 0 Å². The van der Waals surface area contributed by atoms with E-state index in [0.717, 1.165) is 5.46 Å². The SMILES string of the molecule is CC(C)(O)C(C)(C)OBc1cccc2c1sc1ccc(-c3cccc4ccccc34)cc12. The fraction of sp³-hybridized carbons (Fsp3) is 0.214. The van der Waals surface area contributed by atoms with Gasteiger partial charge in [-0.1, -0.05) is 66.7 Å². The van der Waals surface area contributed by atoms with Gasteiger partial charge in [0, 0.05) is 14.8 Å². The van der Waals surface area contributed by atoms with Crippen molar-refractivity contribution in [2.45, 2.75) is 38.9 Å². The molecule has 1 aromatic heterocycles. The van der Waals surface area contributed by atoms with Gasteiger partial charge in [0.15, 0.2) is 0 Å². The van der Waals surface area contributed by atoms with E-state index in [-0.39, 0.29) is 0 Å². The third-order valence-corrected chi connectivity index (χ3v) is 8.00. The summed E-state index contributed by atoms with van der Waals surface area (Å²) in [7, 11) is 0.470. The molecule has 160 valence electrons. The monoisotopic (exact) mass is 438 g/mol. The summed E-state index contributed by atoms with van der Waals surface area (Å²) in [5.74, 6) is 0. The van der Waals surface area contributed by atoms with Crippen molar-refractivity contribution in [2.75, 3.05) is 0 Å². The molecule has 0 saturated carbocycles. The first kappa shape index (κ1) is 21.2. The van der Waals surface area contributed by atoms with Crippen molar-refractivity contribution in [1.82, 2.24) is 0 Å². The minimum Gasteiger partial charge on any atom is -0.427 e. The maximum absolute atomic E-state index is 10.4. The van der Waals surface area contributed by atoms with E-state index in [4.69, 9.17) is 4.65 Å². The molecule has 0 aliphatic rings.